The Kier molecular flexibility index (Phi) is 3.76. The Bertz CT molecular complexity index is 596. The molecule has 0 aliphatic heterocycles. The standard InChI is InChI=1S/C16H22N2O/c1-12(19)9-17-11-16(2,3)14-10-18(4)15-8-6-5-7-13(14)15/h5-8,10,17H,9,11H2,1-4H3. The predicted octanol–water partition coefficient (Wildman–Crippen LogP) is 2.63. The zero-order valence-corrected chi connectivity index (χ0v) is 12.2. The van der Waals surface area contributed by atoms with Crippen LogP contribution in [0.3, 0.4) is 0 Å². The minimum absolute atomic E-state index is 0.00366. The van der Waals surface area contributed by atoms with Crippen LogP contribution in [0.5, 0.6) is 0 Å². The molecule has 0 bridgehead atoms. The lowest BCUT2D eigenvalue weighted by Gasteiger charge is -2.24. The van der Waals surface area contributed by atoms with Crippen molar-refractivity contribution < 1.29 is 4.79 Å². The van der Waals surface area contributed by atoms with E-state index in [0.717, 1.165) is 6.54 Å². The van der Waals surface area contributed by atoms with E-state index in [0.29, 0.717) is 6.54 Å². The molecule has 1 heterocycles. The molecule has 2 aromatic rings. The molecule has 0 radical (unpaired) electrons. The number of fused-ring (bicyclic) bond motifs is 1. The monoisotopic (exact) mass is 258 g/mol. The number of carbonyl (C=O) groups is 1. The van der Waals surface area contributed by atoms with E-state index >= 15 is 0 Å². The Hall–Kier alpha value is -1.61. The van der Waals surface area contributed by atoms with E-state index in [1.807, 2.05) is 0 Å². The minimum Gasteiger partial charge on any atom is -0.350 e. The molecular formula is C16H22N2O. The third-order valence-corrected chi connectivity index (χ3v) is 3.57. The first kappa shape index (κ1) is 13.8. The molecule has 102 valence electrons. The third kappa shape index (κ3) is 2.87. The number of nitrogens with one attached hydrogen (secondary N) is 1. The molecule has 0 fully saturated rings. The second-order valence-corrected chi connectivity index (χ2v) is 5.86. The SMILES string of the molecule is CC(=O)CNCC(C)(C)c1cn(C)c2ccccc12. The van der Waals surface area contributed by atoms with Crippen LogP contribution in [0.15, 0.2) is 30.5 Å². The second kappa shape index (κ2) is 5.17. The van der Waals surface area contributed by atoms with Gasteiger partial charge in [-0.15, -0.1) is 0 Å². The quantitative estimate of drug-likeness (QED) is 0.894. The molecule has 0 saturated heterocycles. The predicted molar refractivity (Wildman–Crippen MR) is 79.5 cm³/mol. The fraction of sp³-hybridized carbons (Fsp3) is 0.438. The van der Waals surface area contributed by atoms with E-state index < -0.39 is 0 Å². The molecule has 0 unspecified atom stereocenters. The summed E-state index contributed by atoms with van der Waals surface area (Å²) in [7, 11) is 2.07. The van der Waals surface area contributed by atoms with Crippen molar-refractivity contribution in [2.45, 2.75) is 26.2 Å². The number of hydrogen-bond donors (Lipinski definition) is 1. The summed E-state index contributed by atoms with van der Waals surface area (Å²) in [5.41, 5.74) is 2.56. The topological polar surface area (TPSA) is 34.0 Å². The highest BCUT2D eigenvalue weighted by Gasteiger charge is 2.24. The number of nitrogens with zero attached hydrogens (tertiary/aromatic N) is 1. The van der Waals surface area contributed by atoms with Crippen LogP contribution >= 0.6 is 0 Å². The first-order valence-electron chi connectivity index (χ1n) is 6.66. The minimum atomic E-state index is -0.00366. The molecule has 0 atom stereocenters. The molecule has 2 rings (SSSR count). The zero-order valence-electron chi connectivity index (χ0n) is 12.2. The summed E-state index contributed by atoms with van der Waals surface area (Å²) < 4.78 is 2.16. The number of ketones is 1. The van der Waals surface area contributed by atoms with Gasteiger partial charge in [0.15, 0.2) is 0 Å². The highest BCUT2D eigenvalue weighted by Crippen LogP contribution is 2.31. The van der Waals surface area contributed by atoms with Crippen LogP contribution in [-0.2, 0) is 17.3 Å². The van der Waals surface area contributed by atoms with Crippen molar-refractivity contribution in [2.24, 2.45) is 7.05 Å². The van der Waals surface area contributed by atoms with Gasteiger partial charge in [0, 0.05) is 36.1 Å². The van der Waals surface area contributed by atoms with Crippen molar-refractivity contribution in [3.05, 3.63) is 36.0 Å². The lowest BCUT2D eigenvalue weighted by molar-refractivity contribution is -0.116. The van der Waals surface area contributed by atoms with Gasteiger partial charge in [-0.25, -0.2) is 0 Å². The van der Waals surface area contributed by atoms with Gasteiger partial charge >= 0.3 is 0 Å². The Morgan fingerprint density at radius 3 is 2.68 bits per heavy atom. The largest absolute Gasteiger partial charge is 0.350 e. The molecule has 3 nitrogen and oxygen atoms in total. The lowest BCUT2D eigenvalue weighted by Crippen LogP contribution is -2.35. The number of benzene rings is 1. The van der Waals surface area contributed by atoms with Crippen molar-refractivity contribution in [2.75, 3.05) is 13.1 Å². The molecular weight excluding hydrogens is 236 g/mol. The molecule has 19 heavy (non-hydrogen) atoms. The summed E-state index contributed by atoms with van der Waals surface area (Å²) in [5, 5.41) is 4.53. The van der Waals surface area contributed by atoms with E-state index in [-0.39, 0.29) is 11.2 Å². The average Bonchev–Trinajstić information content (AvgIpc) is 2.68. The van der Waals surface area contributed by atoms with Crippen molar-refractivity contribution in [1.29, 1.82) is 0 Å². The summed E-state index contributed by atoms with van der Waals surface area (Å²) in [6, 6.07) is 8.44. The summed E-state index contributed by atoms with van der Waals surface area (Å²) in [4.78, 5) is 11.0. The first-order valence-corrected chi connectivity index (χ1v) is 6.66. The fourth-order valence-electron chi connectivity index (χ4n) is 2.53. The van der Waals surface area contributed by atoms with E-state index in [4.69, 9.17) is 0 Å². The number of rotatable bonds is 5. The molecule has 3 heteroatoms. The molecule has 1 aromatic carbocycles. The Morgan fingerprint density at radius 2 is 2.00 bits per heavy atom. The van der Waals surface area contributed by atoms with Gasteiger partial charge in [-0.2, -0.15) is 0 Å². The zero-order chi connectivity index (χ0) is 14.0. The lowest BCUT2D eigenvalue weighted by atomic mass is 9.84. The average molecular weight is 258 g/mol. The summed E-state index contributed by atoms with van der Waals surface area (Å²) in [5.74, 6) is 0.175. The first-order chi connectivity index (χ1) is 8.92. The molecule has 0 saturated carbocycles. The maximum Gasteiger partial charge on any atom is 0.143 e. The highest BCUT2D eigenvalue weighted by atomic mass is 16.1. The van der Waals surface area contributed by atoms with Gasteiger partial charge in [0.25, 0.3) is 0 Å². The van der Waals surface area contributed by atoms with Gasteiger partial charge in [0.2, 0.25) is 0 Å². The number of aromatic nitrogens is 1. The number of Topliss-reactive ketones (excluding diaryl/α,β-unsaturated/α-hetero) is 1. The molecule has 0 spiro atoms. The summed E-state index contributed by atoms with van der Waals surface area (Å²) in [6.07, 6.45) is 2.19. The normalized spacial score (nSPS) is 12.0. The van der Waals surface area contributed by atoms with Crippen molar-refractivity contribution in [3.8, 4) is 0 Å². The number of carbonyl (C=O) groups excluding carboxylic acids is 1. The summed E-state index contributed by atoms with van der Waals surface area (Å²) in [6.45, 7) is 7.26. The number of para-hydroxylation sites is 1. The summed E-state index contributed by atoms with van der Waals surface area (Å²) >= 11 is 0. The van der Waals surface area contributed by atoms with E-state index in [2.05, 4.69) is 61.2 Å². The molecule has 0 aliphatic rings. The molecule has 1 aromatic heterocycles. The Morgan fingerprint density at radius 1 is 1.32 bits per heavy atom. The number of hydrogen-bond acceptors (Lipinski definition) is 2. The second-order valence-electron chi connectivity index (χ2n) is 5.86. The number of aryl methyl sites for hydroxylation is 1. The van der Waals surface area contributed by atoms with Crippen LogP contribution < -0.4 is 5.32 Å². The maximum absolute atomic E-state index is 11.0. The van der Waals surface area contributed by atoms with Crippen molar-refractivity contribution in [3.63, 3.8) is 0 Å². The fourth-order valence-corrected chi connectivity index (χ4v) is 2.53. The van der Waals surface area contributed by atoms with Crippen LogP contribution in [0.1, 0.15) is 26.3 Å². The maximum atomic E-state index is 11.0. The van der Waals surface area contributed by atoms with Crippen LogP contribution in [0.4, 0.5) is 0 Å². The Balaban J connectivity index is 2.29. The molecule has 1 N–H and O–H groups in total. The van der Waals surface area contributed by atoms with E-state index in [1.165, 1.54) is 16.5 Å². The van der Waals surface area contributed by atoms with Crippen LogP contribution in [0.2, 0.25) is 0 Å². The smallest absolute Gasteiger partial charge is 0.143 e. The van der Waals surface area contributed by atoms with E-state index in [9.17, 15) is 4.79 Å². The van der Waals surface area contributed by atoms with Gasteiger partial charge in [-0.3, -0.25) is 4.79 Å². The van der Waals surface area contributed by atoms with Crippen LogP contribution in [0, 0.1) is 0 Å². The van der Waals surface area contributed by atoms with Crippen molar-refractivity contribution >= 4 is 16.7 Å². The van der Waals surface area contributed by atoms with Gasteiger partial charge in [-0.05, 0) is 18.6 Å². The van der Waals surface area contributed by atoms with Crippen LogP contribution in [-0.4, -0.2) is 23.4 Å². The van der Waals surface area contributed by atoms with Crippen molar-refractivity contribution in [1.82, 2.24) is 9.88 Å². The van der Waals surface area contributed by atoms with Crippen LogP contribution in [0.25, 0.3) is 10.9 Å². The third-order valence-electron chi connectivity index (χ3n) is 3.57. The van der Waals surface area contributed by atoms with Gasteiger partial charge in [0.1, 0.15) is 5.78 Å². The molecule has 0 amide bonds. The highest BCUT2D eigenvalue weighted by molar-refractivity contribution is 5.85. The van der Waals surface area contributed by atoms with Gasteiger partial charge in [0.05, 0.1) is 6.54 Å². The van der Waals surface area contributed by atoms with Gasteiger partial charge in [-0.1, -0.05) is 32.0 Å². The van der Waals surface area contributed by atoms with E-state index in [1.54, 1.807) is 6.92 Å². The Labute approximate surface area is 114 Å². The van der Waals surface area contributed by atoms with Gasteiger partial charge < -0.3 is 9.88 Å². The molecule has 0 aliphatic carbocycles.